The average Bonchev–Trinajstić information content (AvgIpc) is 3.09. The normalized spacial score (nSPS) is 10.8. The van der Waals surface area contributed by atoms with E-state index in [2.05, 4.69) is 10.3 Å². The minimum Gasteiger partial charge on any atom is -0.322 e. The summed E-state index contributed by atoms with van der Waals surface area (Å²) in [6, 6.07) is 17.2. The Balaban J connectivity index is 1.62. The zero-order valence-electron chi connectivity index (χ0n) is 13.5. The molecule has 1 N–H and O–H groups in total. The maximum atomic E-state index is 13.2. The van der Waals surface area contributed by atoms with Crippen molar-refractivity contribution in [1.29, 1.82) is 0 Å². The summed E-state index contributed by atoms with van der Waals surface area (Å²) < 4.78 is 15.1. The van der Waals surface area contributed by atoms with Gasteiger partial charge in [0.15, 0.2) is 0 Å². The van der Waals surface area contributed by atoms with Gasteiger partial charge >= 0.3 is 0 Å². The summed E-state index contributed by atoms with van der Waals surface area (Å²) in [4.78, 5) is 17.0. The molecule has 4 rings (SSSR count). The lowest BCUT2D eigenvalue weighted by atomic mass is 10.2. The summed E-state index contributed by atoms with van der Waals surface area (Å²) in [5.41, 5.74) is 3.36. The zero-order valence-corrected chi connectivity index (χ0v) is 14.2. The molecule has 2 aromatic heterocycles. The first kappa shape index (κ1) is 16.3. The van der Waals surface area contributed by atoms with Crippen LogP contribution >= 0.6 is 11.6 Å². The fourth-order valence-electron chi connectivity index (χ4n) is 2.65. The first-order valence-electron chi connectivity index (χ1n) is 7.91. The third kappa shape index (κ3) is 3.17. The first-order valence-corrected chi connectivity index (χ1v) is 8.28. The summed E-state index contributed by atoms with van der Waals surface area (Å²) in [6.07, 6.45) is 3.69. The molecule has 0 atom stereocenters. The molecular formula is C20H13ClFN3O. The van der Waals surface area contributed by atoms with Gasteiger partial charge in [0.05, 0.1) is 10.7 Å². The molecule has 0 bridgehead atoms. The van der Waals surface area contributed by atoms with Crippen molar-refractivity contribution >= 4 is 28.8 Å². The number of fused-ring (bicyclic) bond motifs is 1. The molecule has 0 aliphatic heterocycles. The molecule has 0 unspecified atom stereocenters. The molecule has 2 aromatic carbocycles. The van der Waals surface area contributed by atoms with Crippen LogP contribution in [0.15, 0.2) is 73.1 Å². The highest BCUT2D eigenvalue weighted by Gasteiger charge is 2.11. The third-order valence-electron chi connectivity index (χ3n) is 3.97. The lowest BCUT2D eigenvalue weighted by Gasteiger charge is -2.06. The number of imidazole rings is 1. The number of hydrogen-bond acceptors (Lipinski definition) is 2. The first-order chi connectivity index (χ1) is 12.6. The molecule has 0 saturated carbocycles. The zero-order chi connectivity index (χ0) is 18.1. The van der Waals surface area contributed by atoms with E-state index in [4.69, 9.17) is 11.6 Å². The van der Waals surface area contributed by atoms with Crippen LogP contribution in [0.1, 0.15) is 10.4 Å². The van der Waals surface area contributed by atoms with Gasteiger partial charge in [-0.05, 0) is 30.3 Å². The maximum Gasteiger partial charge on any atom is 0.255 e. The topological polar surface area (TPSA) is 46.4 Å². The number of aromatic nitrogens is 2. The van der Waals surface area contributed by atoms with Gasteiger partial charge in [-0.15, -0.1) is 0 Å². The number of carbonyl (C=O) groups is 1. The fraction of sp³-hybridized carbons (Fsp3) is 0. The van der Waals surface area contributed by atoms with Crippen molar-refractivity contribution in [2.75, 3.05) is 5.32 Å². The van der Waals surface area contributed by atoms with Crippen molar-refractivity contribution in [3.63, 3.8) is 0 Å². The Morgan fingerprint density at radius 3 is 2.65 bits per heavy atom. The number of anilines is 1. The molecule has 4 aromatic rings. The number of halogens is 2. The van der Waals surface area contributed by atoms with Crippen LogP contribution in [0.5, 0.6) is 0 Å². The van der Waals surface area contributed by atoms with Gasteiger partial charge in [-0.25, -0.2) is 9.37 Å². The Bertz CT molecular complexity index is 1110. The van der Waals surface area contributed by atoms with Gasteiger partial charge in [-0.3, -0.25) is 4.79 Å². The minimum atomic E-state index is -0.531. The van der Waals surface area contributed by atoms with Gasteiger partial charge in [-0.2, -0.15) is 0 Å². The predicted molar refractivity (Wildman–Crippen MR) is 100.0 cm³/mol. The van der Waals surface area contributed by atoms with E-state index < -0.39 is 5.82 Å². The van der Waals surface area contributed by atoms with E-state index in [0.29, 0.717) is 16.9 Å². The molecule has 6 heteroatoms. The smallest absolute Gasteiger partial charge is 0.255 e. The number of nitrogens with one attached hydrogen (secondary N) is 1. The Morgan fingerprint density at radius 1 is 1.08 bits per heavy atom. The number of carbonyl (C=O) groups excluding carboxylic acids is 1. The summed E-state index contributed by atoms with van der Waals surface area (Å²) in [7, 11) is 0. The standard InChI is InChI=1S/C20H13ClFN3O/c21-16-11-15(6-7-17(16)22)23-20(26)14-8-9-25-12-18(24-19(25)10-14)13-4-2-1-3-5-13/h1-12H,(H,23,26). The summed E-state index contributed by atoms with van der Waals surface area (Å²) >= 11 is 5.74. The molecule has 1 amide bonds. The fourth-order valence-corrected chi connectivity index (χ4v) is 2.83. The van der Waals surface area contributed by atoms with Crippen molar-refractivity contribution in [3.8, 4) is 11.3 Å². The predicted octanol–water partition coefficient (Wildman–Crippen LogP) is 5.05. The van der Waals surface area contributed by atoms with Gasteiger partial charge < -0.3 is 9.72 Å². The largest absolute Gasteiger partial charge is 0.322 e. The highest BCUT2D eigenvalue weighted by atomic mass is 35.5. The molecule has 4 nitrogen and oxygen atoms in total. The SMILES string of the molecule is O=C(Nc1ccc(F)c(Cl)c1)c1ccn2cc(-c3ccccc3)nc2c1. The number of nitrogens with zero attached hydrogens (tertiary/aromatic N) is 2. The second kappa shape index (κ2) is 6.61. The summed E-state index contributed by atoms with van der Waals surface area (Å²) in [5.74, 6) is -0.851. The van der Waals surface area contributed by atoms with E-state index >= 15 is 0 Å². The monoisotopic (exact) mass is 365 g/mol. The average molecular weight is 366 g/mol. The third-order valence-corrected chi connectivity index (χ3v) is 4.26. The Hall–Kier alpha value is -3.18. The van der Waals surface area contributed by atoms with Gasteiger partial charge in [-0.1, -0.05) is 41.9 Å². The molecule has 26 heavy (non-hydrogen) atoms. The number of amides is 1. The number of rotatable bonds is 3. The van der Waals surface area contributed by atoms with E-state index in [1.807, 2.05) is 40.9 Å². The van der Waals surface area contributed by atoms with Crippen LogP contribution in [0.3, 0.4) is 0 Å². The number of pyridine rings is 1. The van der Waals surface area contributed by atoms with Crippen LogP contribution in [-0.2, 0) is 0 Å². The Labute approximate surface area is 153 Å². The molecule has 0 saturated heterocycles. The van der Waals surface area contributed by atoms with Gasteiger partial charge in [0.25, 0.3) is 5.91 Å². The second-order valence-electron chi connectivity index (χ2n) is 5.76. The maximum absolute atomic E-state index is 13.2. The van der Waals surface area contributed by atoms with Gasteiger partial charge in [0, 0.05) is 29.2 Å². The number of hydrogen-bond donors (Lipinski definition) is 1. The molecule has 0 spiro atoms. The van der Waals surface area contributed by atoms with Crippen molar-refractivity contribution in [3.05, 3.63) is 89.5 Å². The van der Waals surface area contributed by atoms with Crippen LogP contribution < -0.4 is 5.32 Å². The van der Waals surface area contributed by atoms with E-state index in [-0.39, 0.29) is 10.9 Å². The Morgan fingerprint density at radius 2 is 1.88 bits per heavy atom. The summed E-state index contributed by atoms with van der Waals surface area (Å²) in [5, 5.41) is 2.66. The lowest BCUT2D eigenvalue weighted by Crippen LogP contribution is -2.12. The van der Waals surface area contributed by atoms with E-state index in [9.17, 15) is 9.18 Å². The minimum absolute atomic E-state index is 0.0426. The van der Waals surface area contributed by atoms with Gasteiger partial charge in [0.1, 0.15) is 11.5 Å². The van der Waals surface area contributed by atoms with Crippen molar-refractivity contribution in [1.82, 2.24) is 9.38 Å². The molecule has 0 radical (unpaired) electrons. The van der Waals surface area contributed by atoms with Crippen LogP contribution in [0.2, 0.25) is 5.02 Å². The molecule has 0 fully saturated rings. The van der Waals surface area contributed by atoms with Crippen LogP contribution in [0.4, 0.5) is 10.1 Å². The highest BCUT2D eigenvalue weighted by molar-refractivity contribution is 6.31. The van der Waals surface area contributed by atoms with E-state index in [1.165, 1.54) is 18.2 Å². The highest BCUT2D eigenvalue weighted by Crippen LogP contribution is 2.21. The van der Waals surface area contributed by atoms with Crippen LogP contribution in [0.25, 0.3) is 16.9 Å². The number of benzene rings is 2. The second-order valence-corrected chi connectivity index (χ2v) is 6.16. The molecule has 128 valence electrons. The summed E-state index contributed by atoms with van der Waals surface area (Å²) in [6.45, 7) is 0. The quantitative estimate of drug-likeness (QED) is 0.552. The van der Waals surface area contributed by atoms with Crippen molar-refractivity contribution < 1.29 is 9.18 Å². The molecule has 0 aliphatic rings. The van der Waals surface area contributed by atoms with Crippen molar-refractivity contribution in [2.45, 2.75) is 0 Å². The van der Waals surface area contributed by atoms with Gasteiger partial charge in [0.2, 0.25) is 0 Å². The molecular weight excluding hydrogens is 353 g/mol. The van der Waals surface area contributed by atoms with Crippen LogP contribution in [-0.4, -0.2) is 15.3 Å². The Kier molecular flexibility index (Phi) is 4.14. The van der Waals surface area contributed by atoms with Crippen LogP contribution in [0, 0.1) is 5.82 Å². The van der Waals surface area contributed by atoms with E-state index in [1.54, 1.807) is 18.3 Å². The van der Waals surface area contributed by atoms with Crippen molar-refractivity contribution in [2.24, 2.45) is 0 Å². The van der Waals surface area contributed by atoms with E-state index in [0.717, 1.165) is 11.3 Å². The lowest BCUT2D eigenvalue weighted by molar-refractivity contribution is 0.102. The molecule has 2 heterocycles. The molecule has 0 aliphatic carbocycles.